The zero-order valence-electron chi connectivity index (χ0n) is 10.5. The number of rotatable bonds is 3. The summed E-state index contributed by atoms with van der Waals surface area (Å²) in [5.74, 6) is 0.0738. The number of carbonyl (C=O) groups is 1. The second-order valence-corrected chi connectivity index (χ2v) is 5.47. The maximum atomic E-state index is 12.2. The molecule has 3 rings (SSSR count). The van der Waals surface area contributed by atoms with E-state index in [1.54, 1.807) is 0 Å². The Kier molecular flexibility index (Phi) is 2.64. The normalized spacial score (nSPS) is 20.8. The third-order valence-corrected chi connectivity index (χ3v) is 3.82. The van der Waals surface area contributed by atoms with Crippen molar-refractivity contribution in [3.8, 4) is 0 Å². The summed E-state index contributed by atoms with van der Waals surface area (Å²) in [4.78, 5) is 14.1. The number of ether oxygens (including phenoxy) is 1. The van der Waals surface area contributed by atoms with Gasteiger partial charge in [-0.25, -0.2) is 0 Å². The average Bonchev–Trinajstić information content (AvgIpc) is 2.60. The van der Waals surface area contributed by atoms with Gasteiger partial charge in [0.25, 0.3) is 5.91 Å². The lowest BCUT2D eigenvalue weighted by molar-refractivity contribution is -0.144. The number of carbonyl (C=O) groups excluding carboxylic acids is 1. The molecule has 1 fully saturated rings. The molecule has 0 aromatic heterocycles. The van der Waals surface area contributed by atoms with Gasteiger partial charge in [0.1, 0.15) is 0 Å². The van der Waals surface area contributed by atoms with Crippen LogP contribution in [0, 0.1) is 12.3 Å². The molecule has 1 N–H and O–H groups in total. The summed E-state index contributed by atoms with van der Waals surface area (Å²) in [6, 6.07) is 5.93. The van der Waals surface area contributed by atoms with Gasteiger partial charge in [0.05, 0.1) is 25.2 Å². The fraction of sp³-hybridized carbons (Fsp3) is 0.500. The van der Waals surface area contributed by atoms with Gasteiger partial charge in [-0.05, 0) is 18.6 Å². The molecular formula is C14H17NO3. The molecule has 0 unspecified atom stereocenters. The van der Waals surface area contributed by atoms with Crippen molar-refractivity contribution in [3.05, 3.63) is 34.9 Å². The third kappa shape index (κ3) is 1.72. The van der Waals surface area contributed by atoms with Gasteiger partial charge in [-0.15, -0.1) is 0 Å². The van der Waals surface area contributed by atoms with E-state index in [1.165, 1.54) is 5.56 Å². The maximum absolute atomic E-state index is 12.2. The quantitative estimate of drug-likeness (QED) is 0.865. The molecule has 0 spiro atoms. The summed E-state index contributed by atoms with van der Waals surface area (Å²) in [5, 5.41) is 9.43. The van der Waals surface area contributed by atoms with E-state index >= 15 is 0 Å². The lowest BCUT2D eigenvalue weighted by atomic mass is 9.86. The maximum Gasteiger partial charge on any atom is 0.254 e. The minimum Gasteiger partial charge on any atom is -0.396 e. The summed E-state index contributed by atoms with van der Waals surface area (Å²) in [6.45, 7) is 4.42. The Morgan fingerprint density at radius 3 is 2.83 bits per heavy atom. The number of fused-ring (bicyclic) bond motifs is 1. The van der Waals surface area contributed by atoms with Crippen LogP contribution in [0.4, 0.5) is 0 Å². The van der Waals surface area contributed by atoms with E-state index < -0.39 is 0 Å². The van der Waals surface area contributed by atoms with E-state index in [-0.39, 0.29) is 17.9 Å². The van der Waals surface area contributed by atoms with Gasteiger partial charge < -0.3 is 14.7 Å². The lowest BCUT2D eigenvalue weighted by Gasteiger charge is -2.42. The number of amides is 1. The van der Waals surface area contributed by atoms with Gasteiger partial charge >= 0.3 is 0 Å². The van der Waals surface area contributed by atoms with E-state index in [2.05, 4.69) is 6.07 Å². The van der Waals surface area contributed by atoms with Gasteiger partial charge in [-0.2, -0.15) is 0 Å². The van der Waals surface area contributed by atoms with E-state index in [4.69, 9.17) is 4.74 Å². The number of aliphatic hydroxyl groups is 1. The highest BCUT2D eigenvalue weighted by atomic mass is 16.5. The van der Waals surface area contributed by atoms with Crippen LogP contribution in [0.1, 0.15) is 21.5 Å². The molecule has 1 amide bonds. The van der Waals surface area contributed by atoms with Crippen LogP contribution in [0.2, 0.25) is 0 Å². The zero-order chi connectivity index (χ0) is 12.8. The van der Waals surface area contributed by atoms with E-state index in [9.17, 15) is 9.90 Å². The van der Waals surface area contributed by atoms with Crippen molar-refractivity contribution >= 4 is 5.91 Å². The van der Waals surface area contributed by atoms with Gasteiger partial charge in [0.2, 0.25) is 0 Å². The van der Waals surface area contributed by atoms with Crippen molar-refractivity contribution in [2.75, 3.05) is 26.4 Å². The minimum atomic E-state index is -0.243. The molecule has 1 aromatic rings. The number of benzene rings is 1. The fourth-order valence-electron chi connectivity index (χ4n) is 2.67. The lowest BCUT2D eigenvalue weighted by Crippen LogP contribution is -2.53. The van der Waals surface area contributed by atoms with Crippen molar-refractivity contribution in [1.82, 2.24) is 4.90 Å². The number of aryl methyl sites for hydroxylation is 1. The molecule has 2 heterocycles. The molecule has 2 aliphatic rings. The largest absolute Gasteiger partial charge is 0.396 e. The number of hydrogen-bond donors (Lipinski definition) is 1. The highest BCUT2D eigenvalue weighted by molar-refractivity contribution is 5.98. The molecule has 0 aliphatic carbocycles. The first-order valence-electron chi connectivity index (χ1n) is 6.21. The van der Waals surface area contributed by atoms with Crippen molar-refractivity contribution < 1.29 is 14.6 Å². The van der Waals surface area contributed by atoms with Crippen molar-refractivity contribution in [1.29, 1.82) is 0 Å². The summed E-state index contributed by atoms with van der Waals surface area (Å²) < 4.78 is 5.17. The van der Waals surface area contributed by atoms with Crippen LogP contribution < -0.4 is 0 Å². The Bertz CT molecular complexity index is 488. The molecule has 1 aromatic carbocycles. The van der Waals surface area contributed by atoms with Crippen molar-refractivity contribution in [3.63, 3.8) is 0 Å². The first-order valence-corrected chi connectivity index (χ1v) is 6.21. The number of nitrogens with zero attached hydrogens (tertiary/aromatic N) is 1. The highest BCUT2D eigenvalue weighted by Crippen LogP contribution is 2.32. The number of aliphatic hydroxyl groups excluding tert-OH is 1. The van der Waals surface area contributed by atoms with Crippen LogP contribution in [-0.4, -0.2) is 42.3 Å². The minimum absolute atomic E-state index is 0.0738. The standard InChI is InChI=1S/C14H17NO3/c1-10-2-3-12-11(4-10)5-15(13(12)17)6-14(7-16)8-18-9-14/h2-4,16H,5-9H2,1H3. The Hall–Kier alpha value is -1.39. The van der Waals surface area contributed by atoms with Crippen molar-refractivity contribution in [2.45, 2.75) is 13.5 Å². The first-order chi connectivity index (χ1) is 8.63. The Morgan fingerprint density at radius 2 is 2.22 bits per heavy atom. The monoisotopic (exact) mass is 247 g/mol. The molecule has 2 aliphatic heterocycles. The Balaban J connectivity index is 1.80. The van der Waals surface area contributed by atoms with Crippen LogP contribution in [0.15, 0.2) is 18.2 Å². The predicted molar refractivity (Wildman–Crippen MR) is 66.3 cm³/mol. The van der Waals surface area contributed by atoms with E-state index in [0.717, 1.165) is 11.1 Å². The second kappa shape index (κ2) is 4.07. The van der Waals surface area contributed by atoms with Crippen LogP contribution in [-0.2, 0) is 11.3 Å². The highest BCUT2D eigenvalue weighted by Gasteiger charge is 2.42. The smallest absolute Gasteiger partial charge is 0.254 e. The molecule has 96 valence electrons. The van der Waals surface area contributed by atoms with Crippen LogP contribution in [0.5, 0.6) is 0 Å². The molecule has 4 nitrogen and oxygen atoms in total. The topological polar surface area (TPSA) is 49.8 Å². The molecule has 18 heavy (non-hydrogen) atoms. The van der Waals surface area contributed by atoms with Crippen LogP contribution in [0.3, 0.4) is 0 Å². The van der Waals surface area contributed by atoms with E-state index in [0.29, 0.717) is 26.3 Å². The Labute approximate surface area is 106 Å². The molecule has 1 saturated heterocycles. The third-order valence-electron chi connectivity index (χ3n) is 3.82. The summed E-state index contributed by atoms with van der Waals surface area (Å²) in [5.41, 5.74) is 2.82. The molecule has 0 atom stereocenters. The first kappa shape index (κ1) is 11.7. The zero-order valence-corrected chi connectivity index (χ0v) is 10.5. The predicted octanol–water partition coefficient (Wildman–Crippen LogP) is 0.960. The summed E-state index contributed by atoms with van der Waals surface area (Å²) in [6.07, 6.45) is 0. The second-order valence-electron chi connectivity index (χ2n) is 5.47. The fourth-order valence-corrected chi connectivity index (χ4v) is 2.67. The number of hydrogen-bond acceptors (Lipinski definition) is 3. The molecule has 0 radical (unpaired) electrons. The Morgan fingerprint density at radius 1 is 1.44 bits per heavy atom. The molecule has 0 saturated carbocycles. The molecule has 0 bridgehead atoms. The summed E-state index contributed by atoms with van der Waals surface area (Å²) >= 11 is 0. The molecule has 4 heteroatoms. The van der Waals surface area contributed by atoms with E-state index in [1.807, 2.05) is 24.0 Å². The summed E-state index contributed by atoms with van der Waals surface area (Å²) in [7, 11) is 0. The van der Waals surface area contributed by atoms with Crippen molar-refractivity contribution in [2.24, 2.45) is 5.41 Å². The SMILES string of the molecule is Cc1ccc2c(c1)CN(CC1(CO)COC1)C2=O. The molecular weight excluding hydrogens is 230 g/mol. The van der Waals surface area contributed by atoms with Gasteiger partial charge in [-0.1, -0.05) is 17.7 Å². The average molecular weight is 247 g/mol. The van der Waals surface area contributed by atoms with Crippen LogP contribution in [0.25, 0.3) is 0 Å². The van der Waals surface area contributed by atoms with Gasteiger partial charge in [-0.3, -0.25) is 4.79 Å². The van der Waals surface area contributed by atoms with Gasteiger partial charge in [0, 0.05) is 18.7 Å². The van der Waals surface area contributed by atoms with Gasteiger partial charge in [0.15, 0.2) is 0 Å². The van der Waals surface area contributed by atoms with Crippen LogP contribution >= 0.6 is 0 Å².